The fourth-order valence-electron chi connectivity index (χ4n) is 2.56. The largest absolute Gasteiger partial charge is 0.496 e. The zero-order chi connectivity index (χ0) is 18.7. The number of para-hydroxylation sites is 1. The van der Waals surface area contributed by atoms with Gasteiger partial charge in [-0.3, -0.25) is 4.79 Å². The summed E-state index contributed by atoms with van der Waals surface area (Å²) in [6, 6.07) is 14.6. The van der Waals surface area contributed by atoms with Gasteiger partial charge >= 0.3 is 5.97 Å². The topological polar surface area (TPSA) is 65.5 Å². The molecule has 0 unspecified atom stereocenters. The molecule has 3 aromatic rings. The maximum Gasteiger partial charge on any atom is 0.339 e. The van der Waals surface area contributed by atoms with E-state index in [1.807, 2.05) is 36.4 Å². The van der Waals surface area contributed by atoms with Gasteiger partial charge < -0.3 is 9.47 Å². The lowest BCUT2D eigenvalue weighted by Gasteiger charge is -2.11. The summed E-state index contributed by atoms with van der Waals surface area (Å²) in [5.41, 5.74) is 2.50. The highest BCUT2D eigenvalue weighted by molar-refractivity contribution is 9.10. The number of hydrogen-bond donors (Lipinski definition) is 0. The van der Waals surface area contributed by atoms with E-state index in [2.05, 4.69) is 20.9 Å². The molecule has 2 aromatic carbocycles. The number of carbonyl (C=O) groups is 2. The van der Waals surface area contributed by atoms with Crippen LogP contribution in [0.15, 0.2) is 53.0 Å². The van der Waals surface area contributed by atoms with Crippen LogP contribution in [-0.4, -0.2) is 30.5 Å². The minimum Gasteiger partial charge on any atom is -0.496 e. The monoisotopic (exact) mass is 413 g/mol. The van der Waals surface area contributed by atoms with Gasteiger partial charge in [0.2, 0.25) is 0 Å². The number of nitrogens with zero attached hydrogens (tertiary/aromatic N) is 1. The van der Waals surface area contributed by atoms with Crippen molar-refractivity contribution >= 4 is 38.6 Å². The van der Waals surface area contributed by atoms with Crippen LogP contribution in [0, 0.1) is 0 Å². The van der Waals surface area contributed by atoms with Gasteiger partial charge in [-0.2, -0.15) is 0 Å². The molecule has 0 saturated heterocycles. The molecule has 3 rings (SSSR count). The van der Waals surface area contributed by atoms with Crippen molar-refractivity contribution in [1.29, 1.82) is 0 Å². The van der Waals surface area contributed by atoms with Crippen LogP contribution >= 0.6 is 15.9 Å². The van der Waals surface area contributed by atoms with Gasteiger partial charge in [0.1, 0.15) is 12.4 Å². The van der Waals surface area contributed by atoms with Gasteiger partial charge in [0.25, 0.3) is 0 Å². The Hall–Kier alpha value is -2.73. The maximum absolute atomic E-state index is 12.5. The number of benzene rings is 2. The summed E-state index contributed by atoms with van der Waals surface area (Å²) in [6.07, 6.45) is 0. The van der Waals surface area contributed by atoms with E-state index in [0.29, 0.717) is 27.9 Å². The number of halogens is 1. The lowest BCUT2D eigenvalue weighted by atomic mass is 10.0. The maximum atomic E-state index is 12.5. The number of hydrogen-bond acceptors (Lipinski definition) is 5. The van der Waals surface area contributed by atoms with Crippen molar-refractivity contribution in [3.8, 4) is 17.0 Å². The van der Waals surface area contributed by atoms with E-state index >= 15 is 0 Å². The van der Waals surface area contributed by atoms with Gasteiger partial charge in [0, 0.05) is 10.9 Å². The molecule has 0 radical (unpaired) electrons. The van der Waals surface area contributed by atoms with Crippen molar-refractivity contribution < 1.29 is 19.1 Å². The Morgan fingerprint density at radius 1 is 1.12 bits per heavy atom. The number of methoxy groups -OCH3 is 1. The molecule has 6 heteroatoms. The Labute approximate surface area is 159 Å². The third-order valence-corrected chi connectivity index (χ3v) is 4.41. The van der Waals surface area contributed by atoms with Gasteiger partial charge in [0.05, 0.1) is 28.4 Å². The summed E-state index contributed by atoms with van der Waals surface area (Å²) < 4.78 is 11.1. The zero-order valence-corrected chi connectivity index (χ0v) is 15.9. The van der Waals surface area contributed by atoms with Crippen molar-refractivity contribution in [2.75, 3.05) is 13.7 Å². The van der Waals surface area contributed by atoms with E-state index in [1.54, 1.807) is 19.2 Å². The lowest BCUT2D eigenvalue weighted by molar-refractivity contribution is -0.120. The number of rotatable bonds is 5. The number of carbonyl (C=O) groups excluding carboxylic acids is 2. The van der Waals surface area contributed by atoms with Crippen LogP contribution in [0.1, 0.15) is 17.3 Å². The van der Waals surface area contributed by atoms with Crippen molar-refractivity contribution in [3.63, 3.8) is 0 Å². The molecule has 0 aliphatic heterocycles. The molecule has 0 bridgehead atoms. The molecule has 0 aliphatic rings. The van der Waals surface area contributed by atoms with Gasteiger partial charge in [-0.25, -0.2) is 9.78 Å². The molecule has 0 aliphatic carbocycles. The minimum absolute atomic E-state index is 0.212. The number of fused-ring (bicyclic) bond motifs is 1. The van der Waals surface area contributed by atoms with Crippen LogP contribution in [0.4, 0.5) is 0 Å². The van der Waals surface area contributed by atoms with Gasteiger partial charge in [-0.15, -0.1) is 0 Å². The quantitative estimate of drug-likeness (QED) is 0.579. The Bertz CT molecular complexity index is 1000. The van der Waals surface area contributed by atoms with E-state index in [4.69, 9.17) is 9.47 Å². The van der Waals surface area contributed by atoms with E-state index < -0.39 is 5.97 Å². The Morgan fingerprint density at radius 2 is 1.88 bits per heavy atom. The first kappa shape index (κ1) is 18.1. The van der Waals surface area contributed by atoms with Crippen molar-refractivity contribution in [2.45, 2.75) is 6.92 Å². The lowest BCUT2D eigenvalue weighted by Crippen LogP contribution is -2.12. The second kappa shape index (κ2) is 7.66. The van der Waals surface area contributed by atoms with Gasteiger partial charge in [0.15, 0.2) is 5.78 Å². The molecule has 0 spiro atoms. The first-order chi connectivity index (χ1) is 12.5. The van der Waals surface area contributed by atoms with Crippen LogP contribution in [0.2, 0.25) is 0 Å². The number of esters is 1. The molecule has 0 fully saturated rings. The summed E-state index contributed by atoms with van der Waals surface area (Å²) in [5.74, 6) is -0.0562. The third-order valence-electron chi connectivity index (χ3n) is 3.79. The van der Waals surface area contributed by atoms with Crippen LogP contribution in [-0.2, 0) is 9.53 Å². The normalized spacial score (nSPS) is 10.6. The summed E-state index contributed by atoms with van der Waals surface area (Å²) in [7, 11) is 1.59. The Kier molecular flexibility index (Phi) is 5.32. The molecule has 0 amide bonds. The second-order valence-electron chi connectivity index (χ2n) is 5.70. The highest BCUT2D eigenvalue weighted by Gasteiger charge is 2.16. The van der Waals surface area contributed by atoms with E-state index in [-0.39, 0.29) is 12.4 Å². The molecule has 132 valence electrons. The standard InChI is InChI=1S/C20H16BrNO4/c1-12(23)11-26-20(24)15-10-18(22-17-6-4-3-5-14(15)17)13-7-8-19(25-2)16(21)9-13/h3-10H,11H2,1-2H3. The van der Waals surface area contributed by atoms with Crippen LogP contribution < -0.4 is 4.74 Å². The van der Waals surface area contributed by atoms with E-state index in [9.17, 15) is 9.59 Å². The fourth-order valence-corrected chi connectivity index (χ4v) is 3.10. The molecule has 26 heavy (non-hydrogen) atoms. The van der Waals surface area contributed by atoms with Gasteiger partial charge in [-0.05, 0) is 53.2 Å². The molecule has 1 heterocycles. The predicted octanol–water partition coefficient (Wildman–Crippen LogP) is 4.42. The summed E-state index contributed by atoms with van der Waals surface area (Å²) in [5, 5.41) is 0.678. The molecule has 1 aromatic heterocycles. The average Bonchev–Trinajstić information content (AvgIpc) is 2.65. The number of Topliss-reactive ketones (excluding diaryl/α,β-unsaturated/α-hetero) is 1. The first-order valence-corrected chi connectivity index (χ1v) is 8.69. The SMILES string of the molecule is COc1ccc(-c2cc(C(=O)OCC(C)=O)c3ccccc3n2)cc1Br. The summed E-state index contributed by atoms with van der Waals surface area (Å²) >= 11 is 3.46. The van der Waals surface area contributed by atoms with Crippen molar-refractivity contribution in [1.82, 2.24) is 4.98 Å². The number of ketones is 1. The first-order valence-electron chi connectivity index (χ1n) is 7.90. The van der Waals surface area contributed by atoms with Crippen LogP contribution in [0.5, 0.6) is 5.75 Å². The van der Waals surface area contributed by atoms with Crippen LogP contribution in [0.3, 0.4) is 0 Å². The molecule has 0 N–H and O–H groups in total. The smallest absolute Gasteiger partial charge is 0.339 e. The second-order valence-corrected chi connectivity index (χ2v) is 6.55. The van der Waals surface area contributed by atoms with Gasteiger partial charge in [-0.1, -0.05) is 18.2 Å². The van der Waals surface area contributed by atoms with Crippen LogP contribution in [0.25, 0.3) is 22.2 Å². The minimum atomic E-state index is -0.548. The summed E-state index contributed by atoms with van der Waals surface area (Å²) in [4.78, 5) is 28.2. The Balaban J connectivity index is 2.11. The molecular formula is C20H16BrNO4. The highest BCUT2D eigenvalue weighted by atomic mass is 79.9. The average molecular weight is 414 g/mol. The molecule has 0 saturated carbocycles. The summed E-state index contributed by atoms with van der Waals surface area (Å²) in [6.45, 7) is 1.12. The van der Waals surface area contributed by atoms with Crippen molar-refractivity contribution in [2.24, 2.45) is 0 Å². The molecule has 0 atom stereocenters. The fraction of sp³-hybridized carbons (Fsp3) is 0.150. The third kappa shape index (κ3) is 3.75. The van der Waals surface area contributed by atoms with Crippen molar-refractivity contribution in [3.05, 3.63) is 58.6 Å². The van der Waals surface area contributed by atoms with E-state index in [1.165, 1.54) is 6.92 Å². The van der Waals surface area contributed by atoms with E-state index in [0.717, 1.165) is 10.0 Å². The highest BCUT2D eigenvalue weighted by Crippen LogP contribution is 2.31. The number of aromatic nitrogens is 1. The number of pyridine rings is 1. The number of ether oxygens (including phenoxy) is 2. The molecule has 5 nitrogen and oxygen atoms in total. The molecular weight excluding hydrogens is 398 g/mol. The zero-order valence-electron chi connectivity index (χ0n) is 14.3. The predicted molar refractivity (Wildman–Crippen MR) is 102 cm³/mol. The Morgan fingerprint density at radius 3 is 2.58 bits per heavy atom.